The van der Waals surface area contributed by atoms with Gasteiger partial charge < -0.3 is 9.64 Å². The van der Waals surface area contributed by atoms with Gasteiger partial charge in [-0.2, -0.15) is 0 Å². The number of carbonyl (C=O) groups is 3. The molecule has 0 radical (unpaired) electrons. The maximum Gasteiger partial charge on any atom is 0.307 e. The molecule has 1 unspecified atom stereocenters. The zero-order valence-electron chi connectivity index (χ0n) is 15.4. The smallest absolute Gasteiger partial charge is 0.307 e. The van der Waals surface area contributed by atoms with Gasteiger partial charge in [0.2, 0.25) is 0 Å². The number of likely N-dealkylation sites (N-methyl/N-ethyl adjacent to an activating group) is 1. The number of ketones is 1. The van der Waals surface area contributed by atoms with Crippen LogP contribution in [0.2, 0.25) is 5.02 Å². The molecule has 2 aromatic rings. The number of esters is 1. The molecule has 0 fully saturated rings. The Bertz CT molecular complexity index is 790. The van der Waals surface area contributed by atoms with Gasteiger partial charge in [-0.05, 0) is 36.8 Å². The Balaban J connectivity index is 1.79. The van der Waals surface area contributed by atoms with E-state index in [1.807, 2.05) is 30.3 Å². The van der Waals surface area contributed by atoms with Crippen LogP contribution in [0.3, 0.4) is 0 Å². The van der Waals surface area contributed by atoms with Gasteiger partial charge in [-0.1, -0.05) is 41.9 Å². The second-order valence-corrected chi connectivity index (χ2v) is 6.68. The molecule has 0 bridgehead atoms. The molecule has 0 aliphatic heterocycles. The van der Waals surface area contributed by atoms with Crippen molar-refractivity contribution in [3.63, 3.8) is 0 Å². The molecule has 27 heavy (non-hydrogen) atoms. The first-order valence-electron chi connectivity index (χ1n) is 8.64. The van der Waals surface area contributed by atoms with E-state index in [-0.39, 0.29) is 24.5 Å². The van der Waals surface area contributed by atoms with Crippen molar-refractivity contribution in [2.45, 2.75) is 32.4 Å². The van der Waals surface area contributed by atoms with Crippen LogP contribution in [0.1, 0.15) is 35.7 Å². The third kappa shape index (κ3) is 6.53. The number of hydrogen-bond donors (Lipinski definition) is 0. The molecule has 0 saturated heterocycles. The van der Waals surface area contributed by atoms with Crippen LogP contribution in [0.5, 0.6) is 0 Å². The van der Waals surface area contributed by atoms with Crippen molar-refractivity contribution in [2.75, 3.05) is 7.05 Å². The second kappa shape index (κ2) is 9.88. The predicted molar refractivity (Wildman–Crippen MR) is 103 cm³/mol. The van der Waals surface area contributed by atoms with E-state index >= 15 is 0 Å². The summed E-state index contributed by atoms with van der Waals surface area (Å²) in [4.78, 5) is 37.9. The molecule has 0 spiro atoms. The van der Waals surface area contributed by atoms with Crippen LogP contribution in [0, 0.1) is 0 Å². The van der Waals surface area contributed by atoms with Gasteiger partial charge in [-0.3, -0.25) is 14.4 Å². The minimum atomic E-state index is -0.906. The third-order valence-corrected chi connectivity index (χ3v) is 4.27. The Morgan fingerprint density at radius 3 is 2.26 bits per heavy atom. The van der Waals surface area contributed by atoms with Crippen LogP contribution in [0.25, 0.3) is 0 Å². The minimum absolute atomic E-state index is 0.0151. The summed E-state index contributed by atoms with van der Waals surface area (Å²) in [5.41, 5.74) is 1.47. The third-order valence-electron chi connectivity index (χ3n) is 4.02. The van der Waals surface area contributed by atoms with Crippen LogP contribution in [-0.4, -0.2) is 35.7 Å². The number of carbonyl (C=O) groups excluding carboxylic acids is 3. The SMILES string of the molecule is CC(OC(=O)CCC(=O)c1ccc(Cl)cc1)C(=O)N(C)Cc1ccccc1. The van der Waals surface area contributed by atoms with Gasteiger partial charge in [0.1, 0.15) is 0 Å². The van der Waals surface area contributed by atoms with E-state index in [9.17, 15) is 14.4 Å². The van der Waals surface area contributed by atoms with Crippen LogP contribution in [-0.2, 0) is 20.9 Å². The topological polar surface area (TPSA) is 63.7 Å². The summed E-state index contributed by atoms with van der Waals surface area (Å²) >= 11 is 5.79. The Morgan fingerprint density at radius 1 is 1.00 bits per heavy atom. The Labute approximate surface area is 163 Å². The lowest BCUT2D eigenvalue weighted by Gasteiger charge is -2.21. The standard InChI is InChI=1S/C21H22ClNO4/c1-15(21(26)23(2)14-16-6-4-3-5-7-16)27-20(25)13-12-19(24)17-8-10-18(22)11-9-17/h3-11,15H,12-14H2,1-2H3. The van der Waals surface area contributed by atoms with Gasteiger partial charge in [0.05, 0.1) is 6.42 Å². The normalized spacial score (nSPS) is 11.5. The van der Waals surface area contributed by atoms with Crippen molar-refractivity contribution in [1.82, 2.24) is 4.90 Å². The molecule has 0 aromatic heterocycles. The lowest BCUT2D eigenvalue weighted by Crippen LogP contribution is -2.37. The van der Waals surface area contributed by atoms with E-state index in [0.29, 0.717) is 17.1 Å². The molecule has 1 atom stereocenters. The van der Waals surface area contributed by atoms with Crippen molar-refractivity contribution < 1.29 is 19.1 Å². The number of nitrogens with zero attached hydrogens (tertiary/aromatic N) is 1. The van der Waals surface area contributed by atoms with Crippen LogP contribution >= 0.6 is 11.6 Å². The second-order valence-electron chi connectivity index (χ2n) is 6.24. The summed E-state index contributed by atoms with van der Waals surface area (Å²) in [6, 6.07) is 16.0. The molecule has 2 rings (SSSR count). The maximum atomic E-state index is 12.3. The summed E-state index contributed by atoms with van der Waals surface area (Å²) in [7, 11) is 1.66. The lowest BCUT2D eigenvalue weighted by atomic mass is 10.1. The van der Waals surface area contributed by atoms with Crippen molar-refractivity contribution in [2.24, 2.45) is 0 Å². The number of amides is 1. The van der Waals surface area contributed by atoms with E-state index in [1.54, 1.807) is 31.3 Å². The van der Waals surface area contributed by atoms with E-state index in [4.69, 9.17) is 16.3 Å². The number of halogens is 1. The number of rotatable bonds is 8. The molecule has 1 amide bonds. The summed E-state index contributed by atoms with van der Waals surface area (Å²) in [5, 5.41) is 0.540. The zero-order valence-corrected chi connectivity index (χ0v) is 16.1. The molecule has 0 aliphatic carbocycles. The van der Waals surface area contributed by atoms with Crippen molar-refractivity contribution >= 4 is 29.3 Å². The summed E-state index contributed by atoms with van der Waals surface area (Å²) in [6.45, 7) is 1.96. The number of ether oxygens (including phenoxy) is 1. The van der Waals surface area contributed by atoms with E-state index in [1.165, 1.54) is 11.8 Å². The fraction of sp³-hybridized carbons (Fsp3) is 0.286. The molecule has 0 heterocycles. The number of hydrogen-bond acceptors (Lipinski definition) is 4. The van der Waals surface area contributed by atoms with E-state index in [2.05, 4.69) is 0 Å². The molecule has 5 nitrogen and oxygen atoms in total. The lowest BCUT2D eigenvalue weighted by molar-refractivity contribution is -0.158. The van der Waals surface area contributed by atoms with Crippen LogP contribution in [0.4, 0.5) is 0 Å². The fourth-order valence-corrected chi connectivity index (χ4v) is 2.67. The first-order valence-corrected chi connectivity index (χ1v) is 9.01. The molecule has 0 N–H and O–H groups in total. The molecule has 0 saturated carbocycles. The summed E-state index contributed by atoms with van der Waals surface area (Å²) in [6.07, 6.45) is -0.972. The maximum absolute atomic E-state index is 12.3. The predicted octanol–water partition coefficient (Wildman–Crippen LogP) is 3.89. The number of Topliss-reactive ketones (excluding diaryl/α,β-unsaturated/α-hetero) is 1. The first-order chi connectivity index (χ1) is 12.9. The molecular formula is C21H22ClNO4. The molecule has 2 aromatic carbocycles. The number of benzene rings is 2. The van der Waals surface area contributed by atoms with E-state index < -0.39 is 12.1 Å². The Morgan fingerprint density at radius 2 is 1.63 bits per heavy atom. The highest BCUT2D eigenvalue weighted by Crippen LogP contribution is 2.13. The van der Waals surface area contributed by atoms with Crippen molar-refractivity contribution in [3.8, 4) is 0 Å². The van der Waals surface area contributed by atoms with Crippen LogP contribution in [0.15, 0.2) is 54.6 Å². The molecule has 6 heteroatoms. The first kappa shape index (κ1) is 20.6. The van der Waals surface area contributed by atoms with Gasteiger partial charge in [-0.25, -0.2) is 0 Å². The minimum Gasteiger partial charge on any atom is -0.453 e. The largest absolute Gasteiger partial charge is 0.453 e. The Hall–Kier alpha value is -2.66. The fourth-order valence-electron chi connectivity index (χ4n) is 2.55. The quantitative estimate of drug-likeness (QED) is 0.509. The summed E-state index contributed by atoms with van der Waals surface area (Å²) in [5.74, 6) is -1.05. The highest BCUT2D eigenvalue weighted by molar-refractivity contribution is 6.30. The highest BCUT2D eigenvalue weighted by atomic mass is 35.5. The highest BCUT2D eigenvalue weighted by Gasteiger charge is 2.22. The molecule has 0 aliphatic rings. The monoisotopic (exact) mass is 387 g/mol. The zero-order chi connectivity index (χ0) is 19.8. The van der Waals surface area contributed by atoms with Crippen LogP contribution < -0.4 is 0 Å². The molecular weight excluding hydrogens is 366 g/mol. The van der Waals surface area contributed by atoms with Gasteiger partial charge in [0, 0.05) is 30.6 Å². The average Bonchev–Trinajstić information content (AvgIpc) is 2.66. The van der Waals surface area contributed by atoms with Gasteiger partial charge in [-0.15, -0.1) is 0 Å². The van der Waals surface area contributed by atoms with E-state index in [0.717, 1.165) is 5.56 Å². The Kier molecular flexibility index (Phi) is 7.55. The molecule has 142 valence electrons. The summed E-state index contributed by atoms with van der Waals surface area (Å²) < 4.78 is 5.17. The van der Waals surface area contributed by atoms with Crippen molar-refractivity contribution in [3.05, 3.63) is 70.7 Å². The van der Waals surface area contributed by atoms with Gasteiger partial charge in [0.15, 0.2) is 11.9 Å². The van der Waals surface area contributed by atoms with Gasteiger partial charge in [0.25, 0.3) is 5.91 Å². The van der Waals surface area contributed by atoms with Gasteiger partial charge >= 0.3 is 5.97 Å². The van der Waals surface area contributed by atoms with Crippen molar-refractivity contribution in [1.29, 1.82) is 0 Å². The average molecular weight is 388 g/mol.